The van der Waals surface area contributed by atoms with E-state index >= 15 is 0 Å². The molecule has 5 nitrogen and oxygen atoms in total. The molecule has 0 fully saturated rings. The molecule has 2 aromatic rings. The van der Waals surface area contributed by atoms with Crippen LogP contribution in [0, 0.1) is 0 Å². The average molecular weight is 335 g/mol. The number of aromatic nitrogens is 1. The first-order valence-electron chi connectivity index (χ1n) is 7.44. The van der Waals surface area contributed by atoms with Gasteiger partial charge in [-0.3, -0.25) is 9.59 Å². The van der Waals surface area contributed by atoms with Crippen molar-refractivity contribution in [1.82, 2.24) is 4.57 Å². The van der Waals surface area contributed by atoms with E-state index in [0.717, 1.165) is 6.42 Å². The second-order valence-electron chi connectivity index (χ2n) is 5.08. The van der Waals surface area contributed by atoms with Crippen molar-refractivity contribution in [3.63, 3.8) is 0 Å². The number of amides is 1. The zero-order valence-electron chi connectivity index (χ0n) is 13.1. The van der Waals surface area contributed by atoms with E-state index in [4.69, 9.17) is 16.3 Å². The van der Waals surface area contributed by atoms with Crippen molar-refractivity contribution in [1.29, 1.82) is 0 Å². The molecule has 1 aromatic carbocycles. The van der Waals surface area contributed by atoms with Gasteiger partial charge in [0.25, 0.3) is 5.56 Å². The summed E-state index contributed by atoms with van der Waals surface area (Å²) in [5.74, 6) is -0.0837. The fourth-order valence-electron chi connectivity index (χ4n) is 2.04. The number of pyridine rings is 1. The fraction of sp³-hybridized carbons (Fsp3) is 0.294. The van der Waals surface area contributed by atoms with Crippen LogP contribution in [0.3, 0.4) is 0 Å². The van der Waals surface area contributed by atoms with Gasteiger partial charge in [-0.2, -0.15) is 0 Å². The smallest absolute Gasteiger partial charge is 0.293 e. The molecule has 1 atom stereocenters. The second kappa shape index (κ2) is 7.83. The molecule has 0 saturated heterocycles. The maximum Gasteiger partial charge on any atom is 0.293 e. The van der Waals surface area contributed by atoms with Crippen molar-refractivity contribution in [2.75, 3.05) is 11.9 Å². The number of rotatable bonds is 6. The van der Waals surface area contributed by atoms with Gasteiger partial charge in [0.1, 0.15) is 6.04 Å². The van der Waals surface area contributed by atoms with Crippen LogP contribution >= 0.6 is 11.6 Å². The Morgan fingerprint density at radius 1 is 1.30 bits per heavy atom. The summed E-state index contributed by atoms with van der Waals surface area (Å²) in [6.07, 6.45) is 2.37. The van der Waals surface area contributed by atoms with Crippen molar-refractivity contribution in [3.05, 3.63) is 58.0 Å². The molecule has 122 valence electrons. The van der Waals surface area contributed by atoms with E-state index in [1.54, 1.807) is 49.5 Å². The van der Waals surface area contributed by atoms with E-state index in [9.17, 15) is 9.59 Å². The molecule has 0 bridgehead atoms. The molecule has 0 aliphatic heterocycles. The molecule has 1 unspecified atom stereocenters. The lowest BCUT2D eigenvalue weighted by Crippen LogP contribution is -2.31. The predicted octanol–water partition coefficient (Wildman–Crippen LogP) is 3.49. The maximum atomic E-state index is 12.4. The van der Waals surface area contributed by atoms with Crippen molar-refractivity contribution >= 4 is 23.2 Å². The Morgan fingerprint density at radius 2 is 2.04 bits per heavy atom. The molecular formula is C17H19ClN2O3. The van der Waals surface area contributed by atoms with Crippen LogP contribution in [-0.4, -0.2) is 17.1 Å². The van der Waals surface area contributed by atoms with Crippen molar-refractivity contribution in [2.45, 2.75) is 26.3 Å². The molecule has 1 amide bonds. The molecule has 0 spiro atoms. The molecule has 0 aliphatic rings. The number of anilines is 1. The third-order valence-electron chi connectivity index (χ3n) is 3.33. The predicted molar refractivity (Wildman–Crippen MR) is 91.3 cm³/mol. The van der Waals surface area contributed by atoms with Gasteiger partial charge in [-0.05, 0) is 37.6 Å². The summed E-state index contributed by atoms with van der Waals surface area (Å²) >= 11 is 6.03. The number of carbonyl (C=O) groups excluding carboxylic acids is 1. The Balaban J connectivity index is 2.20. The summed E-state index contributed by atoms with van der Waals surface area (Å²) in [5, 5.41) is 3.17. The normalized spacial score (nSPS) is 11.8. The number of carbonyl (C=O) groups is 1. The lowest BCUT2D eigenvalue weighted by molar-refractivity contribution is -0.118. The van der Waals surface area contributed by atoms with Crippen molar-refractivity contribution < 1.29 is 9.53 Å². The number of benzene rings is 1. The molecule has 0 radical (unpaired) electrons. The summed E-state index contributed by atoms with van der Waals surface area (Å²) < 4.78 is 6.75. The van der Waals surface area contributed by atoms with Gasteiger partial charge in [0, 0.05) is 6.20 Å². The highest BCUT2D eigenvalue weighted by Crippen LogP contribution is 2.21. The van der Waals surface area contributed by atoms with E-state index in [2.05, 4.69) is 5.32 Å². The largest absolute Gasteiger partial charge is 0.488 e. The van der Waals surface area contributed by atoms with E-state index in [1.165, 1.54) is 4.57 Å². The van der Waals surface area contributed by atoms with Crippen LogP contribution in [0.4, 0.5) is 5.69 Å². The van der Waals surface area contributed by atoms with Crippen LogP contribution in [0.25, 0.3) is 0 Å². The van der Waals surface area contributed by atoms with E-state index in [1.807, 2.05) is 6.92 Å². The second-order valence-corrected chi connectivity index (χ2v) is 5.49. The number of hydrogen-bond acceptors (Lipinski definition) is 3. The van der Waals surface area contributed by atoms with Crippen LogP contribution in [0.2, 0.25) is 5.02 Å². The Labute approximate surface area is 139 Å². The number of hydrogen-bond donors (Lipinski definition) is 1. The molecule has 1 heterocycles. The van der Waals surface area contributed by atoms with Gasteiger partial charge in [0.2, 0.25) is 5.91 Å². The summed E-state index contributed by atoms with van der Waals surface area (Å²) in [4.78, 5) is 24.7. The lowest BCUT2D eigenvalue weighted by atomic mass is 10.2. The summed E-state index contributed by atoms with van der Waals surface area (Å²) in [6, 6.07) is 9.55. The molecule has 0 saturated carbocycles. The minimum atomic E-state index is -0.691. The van der Waals surface area contributed by atoms with Crippen LogP contribution in [0.15, 0.2) is 47.4 Å². The van der Waals surface area contributed by atoms with Gasteiger partial charge in [0.15, 0.2) is 5.75 Å². The third-order valence-corrected chi connectivity index (χ3v) is 3.66. The maximum absolute atomic E-state index is 12.4. The Kier molecular flexibility index (Phi) is 5.82. The third kappa shape index (κ3) is 4.13. The highest BCUT2D eigenvalue weighted by atomic mass is 35.5. The van der Waals surface area contributed by atoms with E-state index < -0.39 is 6.04 Å². The first-order chi connectivity index (χ1) is 11.0. The van der Waals surface area contributed by atoms with Crippen molar-refractivity contribution in [3.8, 4) is 5.75 Å². The standard InChI is InChI=1S/C17H19ClN2O3/c1-3-11-23-15-9-6-10-20(17(15)22)12(2)16(21)19-14-8-5-4-7-13(14)18/h4-10,12H,3,11H2,1-2H3,(H,19,21). The van der Waals surface area contributed by atoms with Gasteiger partial charge in [-0.15, -0.1) is 0 Å². The fourth-order valence-corrected chi connectivity index (χ4v) is 2.23. The SMILES string of the molecule is CCCOc1cccn(C(C)C(=O)Nc2ccccc2Cl)c1=O. The van der Waals surface area contributed by atoms with Gasteiger partial charge in [-0.1, -0.05) is 30.7 Å². The van der Waals surface area contributed by atoms with Gasteiger partial charge >= 0.3 is 0 Å². The van der Waals surface area contributed by atoms with Crippen LogP contribution < -0.4 is 15.6 Å². The van der Waals surface area contributed by atoms with Crippen molar-refractivity contribution in [2.24, 2.45) is 0 Å². The summed E-state index contributed by atoms with van der Waals surface area (Å²) in [6.45, 7) is 4.07. The molecule has 6 heteroatoms. The quantitative estimate of drug-likeness (QED) is 0.879. The number of halogens is 1. The Morgan fingerprint density at radius 3 is 2.74 bits per heavy atom. The zero-order chi connectivity index (χ0) is 16.8. The zero-order valence-corrected chi connectivity index (χ0v) is 13.8. The molecule has 2 rings (SSSR count). The molecular weight excluding hydrogens is 316 g/mol. The molecule has 23 heavy (non-hydrogen) atoms. The Bertz CT molecular complexity index is 743. The highest BCUT2D eigenvalue weighted by molar-refractivity contribution is 6.33. The number of nitrogens with one attached hydrogen (secondary N) is 1. The van der Waals surface area contributed by atoms with E-state index in [-0.39, 0.29) is 17.2 Å². The van der Waals surface area contributed by atoms with Gasteiger partial charge in [-0.25, -0.2) is 0 Å². The minimum Gasteiger partial charge on any atom is -0.488 e. The molecule has 1 aromatic heterocycles. The van der Waals surface area contributed by atoms with Crippen LogP contribution in [-0.2, 0) is 4.79 Å². The summed E-state index contributed by atoms with van der Waals surface area (Å²) in [5.41, 5.74) is 0.181. The molecule has 1 N–H and O–H groups in total. The summed E-state index contributed by atoms with van der Waals surface area (Å²) in [7, 11) is 0. The van der Waals surface area contributed by atoms with Crippen LogP contribution in [0.1, 0.15) is 26.3 Å². The Hall–Kier alpha value is -2.27. The number of para-hydroxylation sites is 1. The first-order valence-corrected chi connectivity index (χ1v) is 7.81. The van der Waals surface area contributed by atoms with Gasteiger partial charge < -0.3 is 14.6 Å². The topological polar surface area (TPSA) is 60.3 Å². The van der Waals surface area contributed by atoms with Crippen LogP contribution in [0.5, 0.6) is 5.75 Å². The average Bonchev–Trinajstić information content (AvgIpc) is 2.55. The lowest BCUT2D eigenvalue weighted by Gasteiger charge is -2.16. The first kappa shape index (κ1) is 17.1. The number of ether oxygens (including phenoxy) is 1. The van der Waals surface area contributed by atoms with Gasteiger partial charge in [0.05, 0.1) is 17.3 Å². The number of nitrogens with zero attached hydrogens (tertiary/aromatic N) is 1. The molecule has 0 aliphatic carbocycles. The monoisotopic (exact) mass is 334 g/mol. The highest BCUT2D eigenvalue weighted by Gasteiger charge is 2.18. The van der Waals surface area contributed by atoms with E-state index in [0.29, 0.717) is 17.3 Å². The minimum absolute atomic E-state index is 0.242.